The lowest BCUT2D eigenvalue weighted by molar-refractivity contribution is 0.409. The van der Waals surface area contributed by atoms with Crippen molar-refractivity contribution in [3.63, 3.8) is 0 Å². The summed E-state index contributed by atoms with van der Waals surface area (Å²) in [4.78, 5) is 0. The molecule has 1 aliphatic rings. The third-order valence-electron chi connectivity index (χ3n) is 2.45. The fraction of sp³-hybridized carbons (Fsp3) is 0.600. The number of hydrogen-bond donors (Lipinski definition) is 1. The van der Waals surface area contributed by atoms with E-state index in [2.05, 4.69) is 11.4 Å². The third kappa shape index (κ3) is 1.69. The number of rotatable bonds is 1. The molecule has 0 aromatic carbocycles. The Morgan fingerprint density at radius 1 is 1.33 bits per heavy atom. The molecule has 0 aliphatic carbocycles. The molecule has 0 unspecified atom stereocenters. The van der Waals surface area contributed by atoms with E-state index >= 15 is 0 Å². The summed E-state index contributed by atoms with van der Waals surface area (Å²) in [5.41, 5.74) is 0. The quantitative estimate of drug-likeness (QED) is 0.691. The zero-order valence-corrected chi connectivity index (χ0v) is 7.25. The smallest absolute Gasteiger partial charge is 0.120 e. The molecular formula is C10H15NO. The Labute approximate surface area is 73.0 Å². The summed E-state index contributed by atoms with van der Waals surface area (Å²) in [6, 6.07) is 4.48. The van der Waals surface area contributed by atoms with Gasteiger partial charge in [-0.15, -0.1) is 0 Å². The first-order valence-electron chi connectivity index (χ1n) is 4.73. The van der Waals surface area contributed by atoms with E-state index in [0.29, 0.717) is 6.04 Å². The van der Waals surface area contributed by atoms with Crippen LogP contribution in [-0.2, 0) is 0 Å². The first kappa shape index (κ1) is 7.87. The van der Waals surface area contributed by atoms with E-state index in [9.17, 15) is 0 Å². The molecule has 0 spiro atoms. The summed E-state index contributed by atoms with van der Waals surface area (Å²) in [6.07, 6.45) is 6.94. The summed E-state index contributed by atoms with van der Waals surface area (Å²) in [7, 11) is 0. The lowest BCUT2D eigenvalue weighted by Gasteiger charge is -2.11. The lowest BCUT2D eigenvalue weighted by Crippen LogP contribution is -2.19. The van der Waals surface area contributed by atoms with Crippen molar-refractivity contribution in [2.75, 3.05) is 6.54 Å². The van der Waals surface area contributed by atoms with Crippen LogP contribution in [-0.4, -0.2) is 6.54 Å². The van der Waals surface area contributed by atoms with Crippen LogP contribution < -0.4 is 5.32 Å². The standard InChI is InChI=1S/C10H15NO/c1-2-5-9(11-7-3-1)10-6-4-8-12-10/h4,6,8-9,11H,1-3,5,7H2/t9-/m0/s1. The summed E-state index contributed by atoms with van der Waals surface area (Å²) < 4.78 is 5.37. The van der Waals surface area contributed by atoms with Gasteiger partial charge in [0.25, 0.3) is 0 Å². The van der Waals surface area contributed by atoms with Crippen molar-refractivity contribution in [2.24, 2.45) is 0 Å². The van der Waals surface area contributed by atoms with Gasteiger partial charge in [-0.3, -0.25) is 0 Å². The van der Waals surface area contributed by atoms with Gasteiger partial charge in [0.15, 0.2) is 0 Å². The van der Waals surface area contributed by atoms with Crippen LogP contribution >= 0.6 is 0 Å². The maximum Gasteiger partial charge on any atom is 0.120 e. The van der Waals surface area contributed by atoms with E-state index in [0.717, 1.165) is 12.3 Å². The van der Waals surface area contributed by atoms with Crippen LogP contribution in [0.4, 0.5) is 0 Å². The Morgan fingerprint density at radius 2 is 2.33 bits per heavy atom. The molecule has 1 aromatic rings. The minimum atomic E-state index is 0.461. The molecule has 1 atom stereocenters. The second-order valence-electron chi connectivity index (χ2n) is 3.37. The highest BCUT2D eigenvalue weighted by molar-refractivity contribution is 5.04. The zero-order chi connectivity index (χ0) is 8.23. The molecule has 2 heterocycles. The van der Waals surface area contributed by atoms with E-state index in [4.69, 9.17) is 4.42 Å². The summed E-state index contributed by atoms with van der Waals surface area (Å²) in [5.74, 6) is 1.09. The number of nitrogens with one attached hydrogen (secondary N) is 1. The maximum atomic E-state index is 5.37. The topological polar surface area (TPSA) is 25.2 Å². The van der Waals surface area contributed by atoms with Crippen LogP contribution in [0.5, 0.6) is 0 Å². The molecule has 2 rings (SSSR count). The molecule has 12 heavy (non-hydrogen) atoms. The van der Waals surface area contributed by atoms with Crippen LogP contribution in [0.15, 0.2) is 22.8 Å². The molecule has 1 saturated heterocycles. The lowest BCUT2D eigenvalue weighted by atomic mass is 10.1. The maximum absolute atomic E-state index is 5.37. The van der Waals surface area contributed by atoms with E-state index < -0.39 is 0 Å². The van der Waals surface area contributed by atoms with Gasteiger partial charge in [0, 0.05) is 0 Å². The molecule has 0 saturated carbocycles. The van der Waals surface area contributed by atoms with Crippen molar-refractivity contribution in [2.45, 2.75) is 31.7 Å². The SMILES string of the molecule is c1coc([C@@H]2CCCCCN2)c1. The average Bonchev–Trinajstić information content (AvgIpc) is 2.48. The third-order valence-corrected chi connectivity index (χ3v) is 2.45. The first-order chi connectivity index (χ1) is 5.97. The molecule has 2 nitrogen and oxygen atoms in total. The molecule has 0 bridgehead atoms. The summed E-state index contributed by atoms with van der Waals surface area (Å²) in [5, 5.41) is 3.49. The number of hydrogen-bond acceptors (Lipinski definition) is 2. The van der Waals surface area contributed by atoms with Crippen LogP contribution in [0.1, 0.15) is 37.5 Å². The van der Waals surface area contributed by atoms with Gasteiger partial charge < -0.3 is 9.73 Å². The Balaban J connectivity index is 2.02. The van der Waals surface area contributed by atoms with Crippen molar-refractivity contribution < 1.29 is 4.42 Å². The first-order valence-corrected chi connectivity index (χ1v) is 4.73. The average molecular weight is 165 g/mol. The van der Waals surface area contributed by atoms with Crippen LogP contribution in [0.3, 0.4) is 0 Å². The molecular weight excluding hydrogens is 150 g/mol. The largest absolute Gasteiger partial charge is 0.468 e. The molecule has 66 valence electrons. The second-order valence-corrected chi connectivity index (χ2v) is 3.37. The van der Waals surface area contributed by atoms with Gasteiger partial charge in [-0.2, -0.15) is 0 Å². The highest BCUT2D eigenvalue weighted by atomic mass is 16.3. The van der Waals surface area contributed by atoms with E-state index in [1.807, 2.05) is 6.07 Å². The Bertz CT molecular complexity index is 210. The second kappa shape index (κ2) is 3.76. The van der Waals surface area contributed by atoms with Gasteiger partial charge in [0.2, 0.25) is 0 Å². The van der Waals surface area contributed by atoms with Gasteiger partial charge >= 0.3 is 0 Å². The molecule has 0 radical (unpaired) electrons. The highest BCUT2D eigenvalue weighted by Gasteiger charge is 2.14. The van der Waals surface area contributed by atoms with Gasteiger partial charge in [0.1, 0.15) is 5.76 Å². The van der Waals surface area contributed by atoms with Crippen molar-refractivity contribution >= 4 is 0 Å². The van der Waals surface area contributed by atoms with E-state index in [1.165, 1.54) is 25.7 Å². The molecule has 1 aromatic heterocycles. The zero-order valence-electron chi connectivity index (χ0n) is 7.25. The normalized spacial score (nSPS) is 25.2. The van der Waals surface area contributed by atoms with Gasteiger partial charge in [0.05, 0.1) is 12.3 Å². The monoisotopic (exact) mass is 165 g/mol. The van der Waals surface area contributed by atoms with Crippen molar-refractivity contribution in [1.82, 2.24) is 5.32 Å². The summed E-state index contributed by atoms with van der Waals surface area (Å²) >= 11 is 0. The molecule has 0 amide bonds. The van der Waals surface area contributed by atoms with Gasteiger partial charge in [-0.25, -0.2) is 0 Å². The Hall–Kier alpha value is -0.760. The van der Waals surface area contributed by atoms with Crippen LogP contribution in [0.2, 0.25) is 0 Å². The minimum Gasteiger partial charge on any atom is -0.468 e. The van der Waals surface area contributed by atoms with Gasteiger partial charge in [-0.1, -0.05) is 12.8 Å². The predicted molar refractivity (Wildman–Crippen MR) is 47.9 cm³/mol. The van der Waals surface area contributed by atoms with Crippen molar-refractivity contribution in [1.29, 1.82) is 0 Å². The molecule has 1 fully saturated rings. The van der Waals surface area contributed by atoms with E-state index in [-0.39, 0.29) is 0 Å². The number of furan rings is 1. The van der Waals surface area contributed by atoms with Crippen molar-refractivity contribution in [3.8, 4) is 0 Å². The summed E-state index contributed by atoms with van der Waals surface area (Å²) in [6.45, 7) is 1.13. The molecule has 1 N–H and O–H groups in total. The van der Waals surface area contributed by atoms with Crippen LogP contribution in [0.25, 0.3) is 0 Å². The fourth-order valence-electron chi connectivity index (χ4n) is 1.76. The van der Waals surface area contributed by atoms with Gasteiger partial charge in [-0.05, 0) is 31.5 Å². The Morgan fingerprint density at radius 3 is 3.17 bits per heavy atom. The fourth-order valence-corrected chi connectivity index (χ4v) is 1.76. The molecule has 1 aliphatic heterocycles. The molecule has 2 heteroatoms. The highest BCUT2D eigenvalue weighted by Crippen LogP contribution is 2.22. The van der Waals surface area contributed by atoms with E-state index in [1.54, 1.807) is 6.26 Å². The minimum absolute atomic E-state index is 0.461. The predicted octanol–water partition coefficient (Wildman–Crippen LogP) is 2.48. The Kier molecular flexibility index (Phi) is 2.47. The van der Waals surface area contributed by atoms with Crippen LogP contribution in [0, 0.1) is 0 Å². The van der Waals surface area contributed by atoms with Crippen molar-refractivity contribution in [3.05, 3.63) is 24.2 Å².